The van der Waals surface area contributed by atoms with Crippen LogP contribution in [0.5, 0.6) is 0 Å². The maximum absolute atomic E-state index is 4.17. The number of aryl methyl sites for hydroxylation is 1. The molecule has 1 heterocycles. The summed E-state index contributed by atoms with van der Waals surface area (Å²) in [4.78, 5) is 0. The van der Waals surface area contributed by atoms with Crippen molar-refractivity contribution in [1.29, 1.82) is 0 Å². The highest BCUT2D eigenvalue weighted by atomic mass is 15.3. The van der Waals surface area contributed by atoms with Crippen molar-refractivity contribution in [2.45, 2.75) is 32.2 Å². The summed E-state index contributed by atoms with van der Waals surface area (Å²) < 4.78 is 1.95. The zero-order chi connectivity index (χ0) is 10.3. The minimum atomic E-state index is 0.707. The fraction of sp³-hybridized carbons (Fsp3) is 0.750. The summed E-state index contributed by atoms with van der Waals surface area (Å²) >= 11 is 0. The monoisotopic (exact) mass is 205 g/mol. The van der Waals surface area contributed by atoms with E-state index >= 15 is 0 Å². The van der Waals surface area contributed by atoms with Crippen LogP contribution in [-0.4, -0.2) is 16.3 Å². The molecule has 0 radical (unpaired) electrons. The van der Waals surface area contributed by atoms with Gasteiger partial charge in [-0.15, -0.1) is 0 Å². The highest BCUT2D eigenvalue weighted by molar-refractivity contribution is 5.06. The van der Waals surface area contributed by atoms with Crippen LogP contribution in [0.3, 0.4) is 0 Å². The number of hydrogen-bond donors (Lipinski definition) is 1. The third-order valence-corrected chi connectivity index (χ3v) is 4.04. The Hall–Kier alpha value is -0.830. The van der Waals surface area contributed by atoms with Gasteiger partial charge in [0, 0.05) is 26.3 Å². The smallest absolute Gasteiger partial charge is 0.0518 e. The van der Waals surface area contributed by atoms with E-state index in [4.69, 9.17) is 0 Å². The van der Waals surface area contributed by atoms with E-state index < -0.39 is 0 Å². The molecule has 3 rings (SSSR count). The Kier molecular flexibility index (Phi) is 2.09. The summed E-state index contributed by atoms with van der Waals surface area (Å²) in [6.45, 7) is 2.17. The molecular weight excluding hydrogens is 186 g/mol. The second kappa shape index (κ2) is 3.34. The fourth-order valence-corrected chi connectivity index (χ4v) is 2.60. The Bertz CT molecular complexity index is 348. The molecule has 1 aromatic heterocycles. The zero-order valence-electron chi connectivity index (χ0n) is 9.37. The van der Waals surface area contributed by atoms with E-state index in [-0.39, 0.29) is 0 Å². The van der Waals surface area contributed by atoms with Crippen LogP contribution in [0.2, 0.25) is 0 Å². The van der Waals surface area contributed by atoms with Crippen molar-refractivity contribution >= 4 is 0 Å². The van der Waals surface area contributed by atoms with Crippen LogP contribution in [0, 0.1) is 11.3 Å². The van der Waals surface area contributed by atoms with Gasteiger partial charge in [0.15, 0.2) is 0 Å². The molecule has 3 nitrogen and oxygen atoms in total. The van der Waals surface area contributed by atoms with Gasteiger partial charge in [0.1, 0.15) is 0 Å². The predicted octanol–water partition coefficient (Wildman–Crippen LogP) is 1.70. The van der Waals surface area contributed by atoms with Gasteiger partial charge in [0.05, 0.1) is 5.69 Å². The molecule has 1 aromatic rings. The van der Waals surface area contributed by atoms with Crippen LogP contribution in [0.1, 0.15) is 31.4 Å². The molecule has 2 saturated carbocycles. The number of nitrogens with one attached hydrogen (secondary N) is 1. The fourth-order valence-electron chi connectivity index (χ4n) is 2.60. The molecular formula is C12H19N3. The Morgan fingerprint density at radius 1 is 1.53 bits per heavy atom. The van der Waals surface area contributed by atoms with Crippen molar-refractivity contribution in [2.24, 2.45) is 18.4 Å². The van der Waals surface area contributed by atoms with Crippen LogP contribution in [0.15, 0.2) is 12.3 Å². The van der Waals surface area contributed by atoms with Crippen LogP contribution in [-0.2, 0) is 13.6 Å². The largest absolute Gasteiger partial charge is 0.311 e. The molecule has 2 aliphatic carbocycles. The van der Waals surface area contributed by atoms with Gasteiger partial charge in [-0.25, -0.2) is 0 Å². The van der Waals surface area contributed by atoms with Crippen molar-refractivity contribution in [3.63, 3.8) is 0 Å². The van der Waals surface area contributed by atoms with Crippen molar-refractivity contribution in [2.75, 3.05) is 6.54 Å². The highest BCUT2D eigenvalue weighted by Crippen LogP contribution is 2.60. The average Bonchev–Trinajstić information content (AvgIpc) is 3.10. The Morgan fingerprint density at radius 2 is 2.33 bits per heavy atom. The SMILES string of the molecule is Cn1nccc1CNCC1(C2CC2)CC1. The lowest BCUT2D eigenvalue weighted by Crippen LogP contribution is -2.25. The average molecular weight is 205 g/mol. The van der Waals surface area contributed by atoms with E-state index in [9.17, 15) is 0 Å². The maximum atomic E-state index is 4.17. The van der Waals surface area contributed by atoms with Crippen LogP contribution in [0.25, 0.3) is 0 Å². The lowest BCUT2D eigenvalue weighted by Gasteiger charge is -2.14. The predicted molar refractivity (Wildman–Crippen MR) is 59.3 cm³/mol. The first-order chi connectivity index (χ1) is 7.30. The van der Waals surface area contributed by atoms with Crippen molar-refractivity contribution in [1.82, 2.24) is 15.1 Å². The Balaban J connectivity index is 1.49. The maximum Gasteiger partial charge on any atom is 0.0518 e. The summed E-state index contributed by atoms with van der Waals surface area (Å²) in [5.74, 6) is 1.05. The quantitative estimate of drug-likeness (QED) is 0.793. The van der Waals surface area contributed by atoms with E-state index in [0.717, 1.165) is 12.5 Å². The molecule has 0 atom stereocenters. The van der Waals surface area contributed by atoms with Gasteiger partial charge in [-0.2, -0.15) is 5.10 Å². The van der Waals surface area contributed by atoms with Gasteiger partial charge in [-0.05, 0) is 43.1 Å². The number of rotatable bonds is 5. The molecule has 0 saturated heterocycles. The van der Waals surface area contributed by atoms with Gasteiger partial charge in [0.2, 0.25) is 0 Å². The molecule has 15 heavy (non-hydrogen) atoms. The van der Waals surface area contributed by atoms with Crippen molar-refractivity contribution < 1.29 is 0 Å². The zero-order valence-corrected chi connectivity index (χ0v) is 9.37. The van der Waals surface area contributed by atoms with Crippen LogP contribution < -0.4 is 5.32 Å². The molecule has 0 unspecified atom stereocenters. The lowest BCUT2D eigenvalue weighted by atomic mass is 10.0. The summed E-state index contributed by atoms with van der Waals surface area (Å²) in [7, 11) is 2.00. The highest BCUT2D eigenvalue weighted by Gasteiger charge is 2.53. The summed E-state index contributed by atoms with van der Waals surface area (Å²) in [6, 6.07) is 2.09. The van der Waals surface area contributed by atoms with E-state index in [0.29, 0.717) is 5.41 Å². The number of nitrogens with zero attached hydrogens (tertiary/aromatic N) is 2. The molecule has 82 valence electrons. The molecule has 3 heteroatoms. The summed E-state index contributed by atoms with van der Waals surface area (Å²) in [5.41, 5.74) is 1.99. The van der Waals surface area contributed by atoms with Crippen LogP contribution in [0.4, 0.5) is 0 Å². The third-order valence-electron chi connectivity index (χ3n) is 4.04. The first-order valence-electron chi connectivity index (χ1n) is 5.98. The van der Waals surface area contributed by atoms with Gasteiger partial charge < -0.3 is 5.32 Å². The molecule has 2 fully saturated rings. The van der Waals surface area contributed by atoms with Gasteiger partial charge >= 0.3 is 0 Å². The lowest BCUT2D eigenvalue weighted by molar-refractivity contribution is 0.400. The minimum Gasteiger partial charge on any atom is -0.311 e. The Morgan fingerprint density at radius 3 is 2.87 bits per heavy atom. The van der Waals surface area contributed by atoms with E-state index in [2.05, 4.69) is 16.5 Å². The van der Waals surface area contributed by atoms with Crippen LogP contribution >= 0.6 is 0 Å². The van der Waals surface area contributed by atoms with E-state index in [1.165, 1.54) is 37.9 Å². The topological polar surface area (TPSA) is 29.9 Å². The molecule has 0 amide bonds. The third kappa shape index (κ3) is 1.81. The minimum absolute atomic E-state index is 0.707. The van der Waals surface area contributed by atoms with Gasteiger partial charge in [0.25, 0.3) is 0 Å². The van der Waals surface area contributed by atoms with Gasteiger partial charge in [-0.3, -0.25) is 4.68 Å². The first kappa shape index (κ1) is 9.40. The normalized spacial score (nSPS) is 23.0. The first-order valence-corrected chi connectivity index (χ1v) is 5.98. The van der Waals surface area contributed by atoms with Crippen molar-refractivity contribution in [3.05, 3.63) is 18.0 Å². The second-order valence-corrected chi connectivity index (χ2v) is 5.19. The number of aromatic nitrogens is 2. The standard InChI is InChI=1S/C12H19N3/c1-15-11(4-7-14-15)8-13-9-12(5-6-12)10-2-3-10/h4,7,10,13H,2-3,5-6,8-9H2,1H3. The number of hydrogen-bond acceptors (Lipinski definition) is 2. The molecule has 0 aliphatic heterocycles. The van der Waals surface area contributed by atoms with Crippen molar-refractivity contribution in [3.8, 4) is 0 Å². The molecule has 0 spiro atoms. The van der Waals surface area contributed by atoms with E-state index in [1.807, 2.05) is 17.9 Å². The molecule has 0 aromatic carbocycles. The molecule has 0 bridgehead atoms. The van der Waals surface area contributed by atoms with E-state index in [1.54, 1.807) is 0 Å². The molecule has 1 N–H and O–H groups in total. The van der Waals surface area contributed by atoms with Gasteiger partial charge in [-0.1, -0.05) is 0 Å². The Labute approximate surface area is 90.9 Å². The molecule has 2 aliphatic rings. The second-order valence-electron chi connectivity index (χ2n) is 5.19. The summed E-state index contributed by atoms with van der Waals surface area (Å²) in [6.07, 6.45) is 7.73. The summed E-state index contributed by atoms with van der Waals surface area (Å²) in [5, 5.41) is 7.76.